The van der Waals surface area contributed by atoms with E-state index in [-0.39, 0.29) is 18.3 Å². The summed E-state index contributed by atoms with van der Waals surface area (Å²) in [5.41, 5.74) is 1.10. The zero-order valence-corrected chi connectivity index (χ0v) is 12.5. The number of rotatable bonds is 4. The standard InChI is InChI=1S/C14H19FN2OS/c1-10(17-19(18)14(2,3)4)12-6-5-11(7-8-16)9-13(12)15/h5-6,9-10,17H,7H2,1-4H3/t10-,19+/m0/s1. The van der Waals surface area contributed by atoms with Gasteiger partial charge in [-0.3, -0.25) is 0 Å². The van der Waals surface area contributed by atoms with Gasteiger partial charge in [0.25, 0.3) is 0 Å². The van der Waals surface area contributed by atoms with E-state index in [9.17, 15) is 8.60 Å². The molecule has 19 heavy (non-hydrogen) atoms. The Labute approximate surface area is 116 Å². The van der Waals surface area contributed by atoms with Crippen LogP contribution in [0, 0.1) is 17.1 Å². The monoisotopic (exact) mass is 282 g/mol. The van der Waals surface area contributed by atoms with Gasteiger partial charge in [-0.2, -0.15) is 5.26 Å². The zero-order chi connectivity index (χ0) is 14.6. The van der Waals surface area contributed by atoms with Crippen LogP contribution >= 0.6 is 0 Å². The van der Waals surface area contributed by atoms with Crippen LogP contribution in [0.5, 0.6) is 0 Å². The highest BCUT2D eigenvalue weighted by Gasteiger charge is 2.22. The molecule has 0 aliphatic carbocycles. The smallest absolute Gasteiger partial charge is 0.128 e. The third kappa shape index (κ3) is 4.41. The molecule has 1 rings (SSSR count). The van der Waals surface area contributed by atoms with Crippen molar-refractivity contribution in [2.75, 3.05) is 0 Å². The second-order valence-electron chi connectivity index (χ2n) is 5.41. The Hall–Kier alpha value is -1.25. The molecule has 3 nitrogen and oxygen atoms in total. The van der Waals surface area contributed by atoms with Gasteiger partial charge in [-0.25, -0.2) is 13.3 Å². The summed E-state index contributed by atoms with van der Waals surface area (Å²) < 4.78 is 28.4. The molecule has 0 saturated heterocycles. The number of halogens is 1. The predicted octanol–water partition coefficient (Wildman–Crippen LogP) is 3.00. The largest absolute Gasteiger partial charge is 0.242 e. The fourth-order valence-corrected chi connectivity index (χ4v) is 2.33. The Morgan fingerprint density at radius 1 is 1.47 bits per heavy atom. The van der Waals surface area contributed by atoms with Crippen molar-refractivity contribution in [3.05, 3.63) is 35.1 Å². The number of nitrogens with one attached hydrogen (secondary N) is 1. The van der Waals surface area contributed by atoms with Crippen LogP contribution in [0.1, 0.15) is 44.9 Å². The zero-order valence-electron chi connectivity index (χ0n) is 11.7. The van der Waals surface area contributed by atoms with Crippen molar-refractivity contribution in [1.82, 2.24) is 4.72 Å². The highest BCUT2D eigenvalue weighted by Crippen LogP contribution is 2.20. The Kier molecular flexibility index (Phi) is 5.21. The lowest BCUT2D eigenvalue weighted by Crippen LogP contribution is -2.35. The predicted molar refractivity (Wildman–Crippen MR) is 75.2 cm³/mol. The van der Waals surface area contributed by atoms with Crippen molar-refractivity contribution >= 4 is 11.0 Å². The molecule has 1 N–H and O–H groups in total. The number of hydrogen-bond acceptors (Lipinski definition) is 2. The molecule has 0 radical (unpaired) electrons. The molecule has 0 saturated carbocycles. The van der Waals surface area contributed by atoms with Gasteiger partial charge in [0.05, 0.1) is 28.2 Å². The van der Waals surface area contributed by atoms with Gasteiger partial charge in [0.1, 0.15) is 5.82 Å². The van der Waals surface area contributed by atoms with Gasteiger partial charge >= 0.3 is 0 Å². The molecule has 5 heteroatoms. The lowest BCUT2D eigenvalue weighted by atomic mass is 10.0. The molecule has 0 bridgehead atoms. The first-order valence-electron chi connectivity index (χ1n) is 6.09. The summed E-state index contributed by atoms with van der Waals surface area (Å²) >= 11 is 0. The van der Waals surface area contributed by atoms with Crippen LogP contribution < -0.4 is 4.72 Å². The van der Waals surface area contributed by atoms with Crippen LogP contribution in [0.2, 0.25) is 0 Å². The molecule has 0 heterocycles. The van der Waals surface area contributed by atoms with E-state index in [4.69, 9.17) is 5.26 Å². The minimum absolute atomic E-state index is 0.187. The highest BCUT2D eigenvalue weighted by molar-refractivity contribution is 7.84. The van der Waals surface area contributed by atoms with E-state index in [2.05, 4.69) is 4.72 Å². The molecule has 0 aliphatic rings. The number of nitrogens with zero attached hydrogens (tertiary/aromatic N) is 1. The molecule has 1 aromatic rings. The van der Waals surface area contributed by atoms with Crippen molar-refractivity contribution in [2.24, 2.45) is 0 Å². The lowest BCUT2D eigenvalue weighted by molar-refractivity contribution is 0.571. The maximum absolute atomic E-state index is 13.9. The van der Waals surface area contributed by atoms with Gasteiger partial charge < -0.3 is 0 Å². The molecule has 104 valence electrons. The van der Waals surface area contributed by atoms with E-state index in [0.717, 1.165) is 0 Å². The van der Waals surface area contributed by atoms with E-state index in [1.807, 2.05) is 26.8 Å². The summed E-state index contributed by atoms with van der Waals surface area (Å²) in [4.78, 5) is 0. The molecule has 0 unspecified atom stereocenters. The van der Waals surface area contributed by atoms with Crippen LogP contribution in [0.15, 0.2) is 18.2 Å². The van der Waals surface area contributed by atoms with Crippen LogP contribution in [-0.2, 0) is 17.4 Å². The highest BCUT2D eigenvalue weighted by atomic mass is 32.2. The first kappa shape index (κ1) is 15.8. The van der Waals surface area contributed by atoms with Crippen LogP contribution in [-0.4, -0.2) is 8.96 Å². The van der Waals surface area contributed by atoms with Crippen molar-refractivity contribution < 1.29 is 8.60 Å². The normalized spacial score (nSPS) is 14.7. The first-order valence-corrected chi connectivity index (χ1v) is 7.24. The molecular weight excluding hydrogens is 263 g/mol. The van der Waals surface area contributed by atoms with Crippen molar-refractivity contribution in [2.45, 2.75) is 44.9 Å². The lowest BCUT2D eigenvalue weighted by Gasteiger charge is -2.22. The van der Waals surface area contributed by atoms with E-state index in [0.29, 0.717) is 11.1 Å². The maximum atomic E-state index is 13.9. The van der Waals surface area contributed by atoms with Crippen LogP contribution in [0.4, 0.5) is 4.39 Å². The summed E-state index contributed by atoms with van der Waals surface area (Å²) in [6.07, 6.45) is 0.187. The number of nitriles is 1. The van der Waals surface area contributed by atoms with Crippen molar-refractivity contribution in [3.8, 4) is 6.07 Å². The summed E-state index contributed by atoms with van der Waals surface area (Å²) in [5, 5.41) is 8.57. The third-order valence-corrected chi connectivity index (χ3v) is 4.33. The summed E-state index contributed by atoms with van der Waals surface area (Å²) in [5.74, 6) is -0.376. The fraction of sp³-hybridized carbons (Fsp3) is 0.500. The molecule has 0 spiro atoms. The van der Waals surface area contributed by atoms with Gasteiger partial charge in [-0.15, -0.1) is 0 Å². The van der Waals surface area contributed by atoms with E-state index in [1.165, 1.54) is 6.07 Å². The van der Waals surface area contributed by atoms with Gasteiger partial charge in [0, 0.05) is 11.6 Å². The molecular formula is C14H19FN2OS. The second-order valence-corrected chi connectivity index (χ2v) is 7.41. The molecule has 0 amide bonds. The Bertz CT molecular complexity index is 517. The Morgan fingerprint density at radius 2 is 2.11 bits per heavy atom. The van der Waals surface area contributed by atoms with Gasteiger partial charge in [0.2, 0.25) is 0 Å². The molecule has 0 aromatic heterocycles. The number of hydrogen-bond donors (Lipinski definition) is 1. The first-order chi connectivity index (χ1) is 8.75. The third-order valence-electron chi connectivity index (χ3n) is 2.65. The average Bonchev–Trinajstić information content (AvgIpc) is 2.27. The van der Waals surface area contributed by atoms with Crippen LogP contribution in [0.3, 0.4) is 0 Å². The van der Waals surface area contributed by atoms with E-state index in [1.54, 1.807) is 19.1 Å². The van der Waals surface area contributed by atoms with Gasteiger partial charge in [-0.05, 0) is 39.3 Å². The molecule has 0 aliphatic heterocycles. The minimum Gasteiger partial charge on any atom is -0.242 e. The molecule has 0 fully saturated rings. The number of benzene rings is 1. The van der Waals surface area contributed by atoms with Crippen molar-refractivity contribution in [1.29, 1.82) is 5.26 Å². The van der Waals surface area contributed by atoms with Gasteiger partial charge in [-0.1, -0.05) is 12.1 Å². The molecule has 2 atom stereocenters. The Balaban J connectivity index is 2.86. The Morgan fingerprint density at radius 3 is 2.58 bits per heavy atom. The van der Waals surface area contributed by atoms with E-state index >= 15 is 0 Å². The van der Waals surface area contributed by atoms with Crippen LogP contribution in [0.25, 0.3) is 0 Å². The fourth-order valence-electron chi connectivity index (χ4n) is 1.52. The van der Waals surface area contributed by atoms with Crippen molar-refractivity contribution in [3.63, 3.8) is 0 Å². The topological polar surface area (TPSA) is 52.9 Å². The summed E-state index contributed by atoms with van der Waals surface area (Å²) in [6.45, 7) is 7.34. The summed E-state index contributed by atoms with van der Waals surface area (Å²) in [7, 11) is -1.25. The SMILES string of the molecule is C[C@H](N[S@](=O)C(C)(C)C)c1ccc(CC#N)cc1F. The van der Waals surface area contributed by atoms with E-state index < -0.39 is 15.7 Å². The van der Waals surface area contributed by atoms with Gasteiger partial charge in [0.15, 0.2) is 0 Å². The average molecular weight is 282 g/mol. The molecule has 1 aromatic carbocycles. The quantitative estimate of drug-likeness (QED) is 0.923. The second kappa shape index (κ2) is 6.27. The minimum atomic E-state index is -1.25. The summed E-state index contributed by atoms with van der Waals surface area (Å²) in [6, 6.07) is 6.35. The maximum Gasteiger partial charge on any atom is 0.128 e.